The van der Waals surface area contributed by atoms with Crippen molar-refractivity contribution in [1.82, 2.24) is 5.32 Å². The third-order valence-corrected chi connectivity index (χ3v) is 1.85. The first-order chi connectivity index (χ1) is 6.13. The Labute approximate surface area is 77.5 Å². The molecule has 0 unspecified atom stereocenters. The molecule has 0 spiro atoms. The van der Waals surface area contributed by atoms with Gasteiger partial charge >= 0.3 is 0 Å². The fraction of sp³-hybridized carbons (Fsp3) is 0.556. The van der Waals surface area contributed by atoms with E-state index in [-0.39, 0.29) is 5.91 Å². The van der Waals surface area contributed by atoms with Crippen molar-refractivity contribution >= 4 is 11.6 Å². The van der Waals surface area contributed by atoms with Crippen molar-refractivity contribution in [3.8, 4) is 0 Å². The number of ether oxygens (including phenoxy) is 1. The molecule has 13 heavy (non-hydrogen) atoms. The SMILES string of the molecule is CCC1=C(NC(C)=O)OCC(=N)C1. The zero-order valence-electron chi connectivity index (χ0n) is 7.94. The lowest BCUT2D eigenvalue weighted by molar-refractivity contribution is -0.119. The Balaban J connectivity index is 2.76. The van der Waals surface area contributed by atoms with Crippen molar-refractivity contribution in [2.24, 2.45) is 0 Å². The van der Waals surface area contributed by atoms with E-state index in [1.54, 1.807) is 0 Å². The molecule has 0 aromatic rings. The summed E-state index contributed by atoms with van der Waals surface area (Å²) >= 11 is 0. The third-order valence-electron chi connectivity index (χ3n) is 1.85. The molecule has 1 aliphatic heterocycles. The number of hydrogen-bond acceptors (Lipinski definition) is 3. The van der Waals surface area contributed by atoms with Crippen molar-refractivity contribution in [3.63, 3.8) is 0 Å². The summed E-state index contributed by atoms with van der Waals surface area (Å²) < 4.78 is 5.23. The van der Waals surface area contributed by atoms with Crippen LogP contribution in [0.15, 0.2) is 11.5 Å². The minimum absolute atomic E-state index is 0.130. The van der Waals surface area contributed by atoms with Crippen LogP contribution in [0.25, 0.3) is 0 Å². The molecule has 0 aromatic carbocycles. The Morgan fingerprint density at radius 3 is 2.92 bits per heavy atom. The van der Waals surface area contributed by atoms with Crippen molar-refractivity contribution < 1.29 is 9.53 Å². The Morgan fingerprint density at radius 1 is 1.69 bits per heavy atom. The highest BCUT2D eigenvalue weighted by Gasteiger charge is 2.16. The fourth-order valence-corrected chi connectivity index (χ4v) is 1.22. The maximum absolute atomic E-state index is 10.8. The van der Waals surface area contributed by atoms with Gasteiger partial charge in [0.2, 0.25) is 5.91 Å². The second-order valence-corrected chi connectivity index (χ2v) is 3.04. The van der Waals surface area contributed by atoms with Gasteiger partial charge in [-0.3, -0.25) is 10.1 Å². The molecule has 0 atom stereocenters. The maximum Gasteiger partial charge on any atom is 0.223 e. The maximum atomic E-state index is 10.8. The molecule has 1 rings (SSSR count). The highest BCUT2D eigenvalue weighted by molar-refractivity contribution is 5.86. The first-order valence-electron chi connectivity index (χ1n) is 4.32. The van der Waals surface area contributed by atoms with Gasteiger partial charge in [0.25, 0.3) is 0 Å². The van der Waals surface area contributed by atoms with Gasteiger partial charge in [0.1, 0.15) is 6.61 Å². The van der Waals surface area contributed by atoms with Crippen LogP contribution in [-0.4, -0.2) is 18.2 Å². The Bertz CT molecular complexity index is 269. The molecular weight excluding hydrogens is 168 g/mol. The Kier molecular flexibility index (Phi) is 3.06. The molecule has 1 amide bonds. The van der Waals surface area contributed by atoms with Crippen LogP contribution in [0.4, 0.5) is 0 Å². The van der Waals surface area contributed by atoms with Crippen LogP contribution in [0.3, 0.4) is 0 Å². The summed E-state index contributed by atoms with van der Waals surface area (Å²) in [5.74, 6) is 0.417. The summed E-state index contributed by atoms with van der Waals surface area (Å²) in [6.07, 6.45) is 1.42. The van der Waals surface area contributed by atoms with Gasteiger partial charge in [-0.25, -0.2) is 0 Å². The van der Waals surface area contributed by atoms with Gasteiger partial charge in [0, 0.05) is 13.3 Å². The number of amides is 1. The zero-order valence-corrected chi connectivity index (χ0v) is 7.94. The Morgan fingerprint density at radius 2 is 2.38 bits per heavy atom. The van der Waals surface area contributed by atoms with E-state index in [9.17, 15) is 4.79 Å². The fourth-order valence-electron chi connectivity index (χ4n) is 1.22. The van der Waals surface area contributed by atoms with Crippen LogP contribution in [0.1, 0.15) is 26.7 Å². The quantitative estimate of drug-likeness (QED) is 0.673. The number of nitrogens with one attached hydrogen (secondary N) is 2. The van der Waals surface area contributed by atoms with Crippen molar-refractivity contribution in [1.29, 1.82) is 5.41 Å². The molecule has 0 aliphatic carbocycles. The average molecular weight is 182 g/mol. The summed E-state index contributed by atoms with van der Waals surface area (Å²) in [6, 6.07) is 0. The van der Waals surface area contributed by atoms with Crippen LogP contribution in [0, 0.1) is 5.41 Å². The van der Waals surface area contributed by atoms with Gasteiger partial charge < -0.3 is 10.1 Å². The minimum atomic E-state index is -0.130. The number of carbonyl (C=O) groups is 1. The molecular formula is C9H14N2O2. The van der Waals surface area contributed by atoms with Crippen molar-refractivity contribution in [2.45, 2.75) is 26.7 Å². The predicted octanol–water partition coefficient (Wildman–Crippen LogP) is 1.18. The lowest BCUT2D eigenvalue weighted by atomic mass is 10.1. The van der Waals surface area contributed by atoms with E-state index >= 15 is 0 Å². The Hall–Kier alpha value is -1.32. The van der Waals surface area contributed by atoms with Crippen LogP contribution < -0.4 is 5.32 Å². The van der Waals surface area contributed by atoms with Gasteiger partial charge in [0.05, 0.1) is 5.71 Å². The van der Waals surface area contributed by atoms with E-state index in [4.69, 9.17) is 10.1 Å². The molecule has 72 valence electrons. The molecule has 0 saturated carbocycles. The van der Waals surface area contributed by atoms with E-state index in [1.807, 2.05) is 6.92 Å². The molecule has 0 radical (unpaired) electrons. The van der Waals surface area contributed by atoms with Crippen LogP contribution in [0.5, 0.6) is 0 Å². The van der Waals surface area contributed by atoms with E-state index in [0.29, 0.717) is 24.6 Å². The summed E-state index contributed by atoms with van der Waals surface area (Å²) in [5.41, 5.74) is 1.55. The van der Waals surface area contributed by atoms with Gasteiger partial charge in [-0.1, -0.05) is 6.92 Å². The third kappa shape index (κ3) is 2.57. The van der Waals surface area contributed by atoms with E-state index in [1.165, 1.54) is 6.92 Å². The highest BCUT2D eigenvalue weighted by Crippen LogP contribution is 2.17. The number of hydrogen-bond donors (Lipinski definition) is 2. The molecule has 0 fully saturated rings. The van der Waals surface area contributed by atoms with E-state index in [0.717, 1.165) is 12.0 Å². The first kappa shape index (κ1) is 9.77. The summed E-state index contributed by atoms with van der Waals surface area (Å²) in [4.78, 5) is 10.8. The van der Waals surface area contributed by atoms with Gasteiger partial charge in [0.15, 0.2) is 5.88 Å². The molecule has 0 saturated heterocycles. The monoisotopic (exact) mass is 182 g/mol. The summed E-state index contributed by atoms with van der Waals surface area (Å²) in [6.45, 7) is 3.72. The smallest absolute Gasteiger partial charge is 0.223 e. The van der Waals surface area contributed by atoms with Gasteiger partial charge in [-0.2, -0.15) is 0 Å². The van der Waals surface area contributed by atoms with Crippen LogP contribution in [0.2, 0.25) is 0 Å². The molecule has 1 aliphatic rings. The van der Waals surface area contributed by atoms with Crippen molar-refractivity contribution in [2.75, 3.05) is 6.61 Å². The van der Waals surface area contributed by atoms with Crippen LogP contribution in [-0.2, 0) is 9.53 Å². The first-order valence-corrected chi connectivity index (χ1v) is 4.32. The second kappa shape index (κ2) is 4.07. The molecule has 0 aromatic heterocycles. The minimum Gasteiger partial charge on any atom is -0.473 e. The predicted molar refractivity (Wildman–Crippen MR) is 49.4 cm³/mol. The lowest BCUT2D eigenvalue weighted by Gasteiger charge is -2.20. The number of rotatable bonds is 2. The molecule has 4 nitrogen and oxygen atoms in total. The molecule has 4 heteroatoms. The van der Waals surface area contributed by atoms with Gasteiger partial charge in [-0.05, 0) is 12.0 Å². The highest BCUT2D eigenvalue weighted by atomic mass is 16.5. The number of carbonyl (C=O) groups excluding carboxylic acids is 1. The normalized spacial score (nSPS) is 16.9. The summed E-state index contributed by atoms with van der Waals surface area (Å²) in [7, 11) is 0. The lowest BCUT2D eigenvalue weighted by Crippen LogP contribution is -2.28. The zero-order chi connectivity index (χ0) is 9.84. The second-order valence-electron chi connectivity index (χ2n) is 3.04. The largest absolute Gasteiger partial charge is 0.473 e. The standard InChI is InChI=1S/C9H14N2O2/c1-3-7-4-8(10)5-13-9(7)11-6(2)12/h10H,3-5H2,1-2H3,(H,11,12). The number of allylic oxidation sites excluding steroid dienone is 1. The average Bonchev–Trinajstić information content (AvgIpc) is 2.07. The molecule has 1 heterocycles. The van der Waals surface area contributed by atoms with Gasteiger partial charge in [-0.15, -0.1) is 0 Å². The van der Waals surface area contributed by atoms with Crippen LogP contribution >= 0.6 is 0 Å². The van der Waals surface area contributed by atoms with E-state index in [2.05, 4.69) is 5.32 Å². The molecule has 2 N–H and O–H groups in total. The summed E-state index contributed by atoms with van der Waals surface area (Å²) in [5, 5.41) is 10.0. The molecule has 0 bridgehead atoms. The van der Waals surface area contributed by atoms with E-state index < -0.39 is 0 Å². The topological polar surface area (TPSA) is 62.2 Å². The van der Waals surface area contributed by atoms with Crippen molar-refractivity contribution in [3.05, 3.63) is 11.5 Å².